The average Bonchev–Trinajstić information content (AvgIpc) is 2.99. The highest BCUT2D eigenvalue weighted by Gasteiger charge is 2.38. The van der Waals surface area contributed by atoms with E-state index in [1.54, 1.807) is 0 Å². The maximum absolute atomic E-state index is 6.24. The zero-order valence-corrected chi connectivity index (χ0v) is 20.0. The number of aromatic nitrogens is 3. The molecule has 0 bridgehead atoms. The van der Waals surface area contributed by atoms with Crippen LogP contribution < -0.4 is 10.6 Å². The molecule has 1 saturated carbocycles. The molecule has 1 aliphatic carbocycles. The fourth-order valence-electron chi connectivity index (χ4n) is 4.16. The molecule has 2 heterocycles. The van der Waals surface area contributed by atoms with Crippen LogP contribution in [0.1, 0.15) is 76.4 Å². The summed E-state index contributed by atoms with van der Waals surface area (Å²) in [4.78, 5) is 4.80. The highest BCUT2D eigenvalue weighted by molar-refractivity contribution is 14.0. The average molecular weight is 504 g/mol. The lowest BCUT2D eigenvalue weighted by Crippen LogP contribution is -2.52. The molecule has 28 heavy (non-hydrogen) atoms. The van der Waals surface area contributed by atoms with Crippen molar-refractivity contribution in [1.29, 1.82) is 0 Å². The van der Waals surface area contributed by atoms with E-state index < -0.39 is 0 Å². The van der Waals surface area contributed by atoms with Crippen molar-refractivity contribution in [3.63, 3.8) is 0 Å². The molecule has 2 fully saturated rings. The number of aliphatic imine (C=N–C) groups is 1. The van der Waals surface area contributed by atoms with Crippen LogP contribution in [0.25, 0.3) is 0 Å². The van der Waals surface area contributed by atoms with Crippen molar-refractivity contribution in [3.05, 3.63) is 11.6 Å². The van der Waals surface area contributed by atoms with Crippen molar-refractivity contribution < 1.29 is 4.74 Å². The molecule has 1 atom stereocenters. The Labute approximate surface area is 186 Å². The number of hydrogen-bond donors (Lipinski definition) is 2. The summed E-state index contributed by atoms with van der Waals surface area (Å²) in [6, 6.07) is 0.422. The molecule has 3 rings (SSSR count). The summed E-state index contributed by atoms with van der Waals surface area (Å²) in [5.41, 5.74) is 0.101. The minimum Gasteiger partial charge on any atom is -0.375 e. The highest BCUT2D eigenvalue weighted by Crippen LogP contribution is 2.38. The first-order chi connectivity index (χ1) is 13.1. The molecule has 160 valence electrons. The standard InChI is InChI=1S/C20H36N6O.HI/c1-4-5-12-21-19(22-15-18-25-24-16(2)26(18)3)23-17-9-13-27-20(14-17)10-7-6-8-11-20;/h17H,4-15H2,1-3H3,(H2,21,22,23);1H. The topological polar surface area (TPSA) is 76.4 Å². The van der Waals surface area contributed by atoms with E-state index in [1.165, 1.54) is 38.5 Å². The van der Waals surface area contributed by atoms with Gasteiger partial charge in [-0.3, -0.25) is 0 Å². The molecule has 1 spiro atoms. The quantitative estimate of drug-likeness (QED) is 0.269. The van der Waals surface area contributed by atoms with Gasteiger partial charge in [0.05, 0.1) is 5.60 Å². The van der Waals surface area contributed by atoms with Crippen LogP contribution in [0.4, 0.5) is 0 Å². The van der Waals surface area contributed by atoms with Gasteiger partial charge in [-0.25, -0.2) is 4.99 Å². The second-order valence-electron chi connectivity index (χ2n) is 8.09. The molecule has 1 saturated heterocycles. The van der Waals surface area contributed by atoms with E-state index in [0.717, 1.165) is 50.0 Å². The molecular formula is C20H37IN6O. The van der Waals surface area contributed by atoms with Crippen molar-refractivity contribution in [3.8, 4) is 0 Å². The second-order valence-corrected chi connectivity index (χ2v) is 8.09. The van der Waals surface area contributed by atoms with Gasteiger partial charge in [0, 0.05) is 26.2 Å². The van der Waals surface area contributed by atoms with Crippen LogP contribution in [0.3, 0.4) is 0 Å². The van der Waals surface area contributed by atoms with Gasteiger partial charge in [0.2, 0.25) is 0 Å². The van der Waals surface area contributed by atoms with Crippen molar-refractivity contribution >= 4 is 29.9 Å². The van der Waals surface area contributed by atoms with E-state index in [1.807, 2.05) is 18.5 Å². The lowest BCUT2D eigenvalue weighted by Gasteiger charge is -2.44. The van der Waals surface area contributed by atoms with Gasteiger partial charge in [0.1, 0.15) is 12.4 Å². The Kier molecular flexibility index (Phi) is 9.46. The highest BCUT2D eigenvalue weighted by atomic mass is 127. The Morgan fingerprint density at radius 1 is 1.29 bits per heavy atom. The van der Waals surface area contributed by atoms with Crippen LogP contribution in [0.2, 0.25) is 0 Å². The van der Waals surface area contributed by atoms with Crippen molar-refractivity contribution in [1.82, 2.24) is 25.4 Å². The number of halogens is 1. The number of rotatable bonds is 6. The Hall–Kier alpha value is -0.900. The van der Waals surface area contributed by atoms with Gasteiger partial charge in [-0.2, -0.15) is 0 Å². The van der Waals surface area contributed by atoms with E-state index >= 15 is 0 Å². The van der Waals surface area contributed by atoms with Crippen LogP contribution in [0.5, 0.6) is 0 Å². The third-order valence-corrected chi connectivity index (χ3v) is 5.98. The maximum Gasteiger partial charge on any atom is 0.191 e. The fourth-order valence-corrected chi connectivity index (χ4v) is 4.16. The molecule has 0 radical (unpaired) electrons. The predicted molar refractivity (Wildman–Crippen MR) is 123 cm³/mol. The van der Waals surface area contributed by atoms with Crippen LogP contribution >= 0.6 is 24.0 Å². The van der Waals surface area contributed by atoms with Crippen molar-refractivity contribution in [2.75, 3.05) is 13.2 Å². The van der Waals surface area contributed by atoms with Gasteiger partial charge in [0.25, 0.3) is 0 Å². The lowest BCUT2D eigenvalue weighted by molar-refractivity contribution is -0.107. The second kappa shape index (κ2) is 11.3. The van der Waals surface area contributed by atoms with Gasteiger partial charge in [0.15, 0.2) is 11.8 Å². The summed E-state index contributed by atoms with van der Waals surface area (Å²) >= 11 is 0. The van der Waals surface area contributed by atoms with Gasteiger partial charge in [-0.1, -0.05) is 32.6 Å². The molecule has 1 aliphatic heterocycles. The van der Waals surface area contributed by atoms with Crippen LogP contribution in [0.15, 0.2) is 4.99 Å². The zero-order chi connectivity index (χ0) is 19.1. The molecule has 2 N–H and O–H groups in total. The summed E-state index contributed by atoms with van der Waals surface area (Å²) in [6.07, 6.45) is 10.8. The van der Waals surface area contributed by atoms with Gasteiger partial charge in [-0.05, 0) is 39.0 Å². The van der Waals surface area contributed by atoms with Gasteiger partial charge >= 0.3 is 0 Å². The smallest absolute Gasteiger partial charge is 0.191 e. The van der Waals surface area contributed by atoms with E-state index in [9.17, 15) is 0 Å². The van der Waals surface area contributed by atoms with Crippen LogP contribution in [-0.2, 0) is 18.3 Å². The van der Waals surface area contributed by atoms with Gasteiger partial charge in [-0.15, -0.1) is 34.2 Å². The molecular weight excluding hydrogens is 467 g/mol. The molecule has 1 unspecified atom stereocenters. The first-order valence-electron chi connectivity index (χ1n) is 10.7. The number of hydrogen-bond acceptors (Lipinski definition) is 4. The van der Waals surface area contributed by atoms with E-state index in [2.05, 4.69) is 27.8 Å². The summed E-state index contributed by atoms with van der Waals surface area (Å²) in [5, 5.41) is 15.5. The third-order valence-electron chi connectivity index (χ3n) is 5.98. The van der Waals surface area contributed by atoms with Gasteiger partial charge < -0.3 is 19.9 Å². The van der Waals surface area contributed by atoms with Crippen molar-refractivity contribution in [2.24, 2.45) is 12.0 Å². The van der Waals surface area contributed by atoms with E-state index in [-0.39, 0.29) is 29.6 Å². The number of guanidine groups is 1. The molecule has 0 amide bonds. The summed E-state index contributed by atoms with van der Waals surface area (Å²) in [5.74, 6) is 2.69. The number of nitrogens with zero attached hydrogens (tertiary/aromatic N) is 4. The van der Waals surface area contributed by atoms with E-state index in [0.29, 0.717) is 12.6 Å². The molecule has 2 aliphatic rings. The Balaban J connectivity index is 0.00000280. The minimum absolute atomic E-state index is 0. The molecule has 1 aromatic rings. The largest absolute Gasteiger partial charge is 0.375 e. The summed E-state index contributed by atoms with van der Waals surface area (Å²) in [7, 11) is 1.99. The molecule has 8 heteroatoms. The molecule has 0 aromatic carbocycles. The maximum atomic E-state index is 6.24. The lowest BCUT2D eigenvalue weighted by atomic mass is 9.78. The van der Waals surface area contributed by atoms with Crippen molar-refractivity contribution in [2.45, 2.75) is 89.8 Å². The number of unbranched alkanes of at least 4 members (excludes halogenated alkanes) is 1. The number of ether oxygens (including phenoxy) is 1. The normalized spacial score (nSPS) is 22.0. The first kappa shape index (κ1) is 23.4. The number of aryl methyl sites for hydroxylation is 1. The third kappa shape index (κ3) is 6.30. The SMILES string of the molecule is CCCCNC(=NCc1nnc(C)n1C)NC1CCOC2(CCCCC2)C1.I. The predicted octanol–water partition coefficient (Wildman–Crippen LogP) is 3.46. The Bertz CT molecular complexity index is 621. The summed E-state index contributed by atoms with van der Waals surface area (Å²) in [6.45, 7) is 6.49. The fraction of sp³-hybridized carbons (Fsp3) is 0.850. The summed E-state index contributed by atoms with van der Waals surface area (Å²) < 4.78 is 8.24. The van der Waals surface area contributed by atoms with E-state index in [4.69, 9.17) is 9.73 Å². The monoisotopic (exact) mass is 504 g/mol. The van der Waals surface area contributed by atoms with Crippen LogP contribution in [0, 0.1) is 6.92 Å². The molecule has 1 aromatic heterocycles. The number of nitrogens with one attached hydrogen (secondary N) is 2. The first-order valence-corrected chi connectivity index (χ1v) is 10.7. The molecule has 7 nitrogen and oxygen atoms in total. The van der Waals surface area contributed by atoms with Crippen LogP contribution in [-0.4, -0.2) is 45.5 Å². The zero-order valence-electron chi connectivity index (χ0n) is 17.7. The minimum atomic E-state index is 0. The Morgan fingerprint density at radius 3 is 2.75 bits per heavy atom. The Morgan fingerprint density at radius 2 is 2.07 bits per heavy atom.